The van der Waals surface area contributed by atoms with Crippen molar-refractivity contribution in [3.63, 3.8) is 0 Å². The van der Waals surface area contributed by atoms with Gasteiger partial charge in [-0.1, -0.05) is 0 Å². The fourth-order valence-electron chi connectivity index (χ4n) is 6.70. The third-order valence-electron chi connectivity index (χ3n) is 9.34. The number of aryl methyl sites for hydroxylation is 2. The summed E-state index contributed by atoms with van der Waals surface area (Å²) in [6.07, 6.45) is 4.33. The number of hydrogen-bond acceptors (Lipinski definition) is 1. The van der Waals surface area contributed by atoms with Crippen LogP contribution in [0, 0.1) is 12.7 Å². The van der Waals surface area contributed by atoms with E-state index in [-0.39, 0.29) is 16.6 Å². The van der Waals surface area contributed by atoms with Crippen molar-refractivity contribution >= 4 is 39.6 Å². The van der Waals surface area contributed by atoms with Gasteiger partial charge in [-0.2, -0.15) is 0 Å². The van der Waals surface area contributed by atoms with Gasteiger partial charge in [0, 0.05) is 0 Å². The Kier molecular flexibility index (Phi) is 6.16. The van der Waals surface area contributed by atoms with Gasteiger partial charge in [-0.3, -0.25) is 0 Å². The molecule has 6 rings (SSSR count). The van der Waals surface area contributed by atoms with E-state index in [9.17, 15) is 0 Å². The second kappa shape index (κ2) is 9.04. The predicted molar refractivity (Wildman–Crippen MR) is 169 cm³/mol. The molecule has 3 aromatic carbocycles. The predicted octanol–water partition coefficient (Wildman–Crippen LogP) is 9.09. The first-order valence-electron chi connectivity index (χ1n) is 14.5. The van der Waals surface area contributed by atoms with Crippen LogP contribution >= 0.6 is 0 Å². The van der Waals surface area contributed by atoms with Gasteiger partial charge in [0.1, 0.15) is 0 Å². The van der Waals surface area contributed by atoms with Crippen LogP contribution < -0.4 is 8.96 Å². The number of fused-ring (bicyclic) bond motifs is 4. The van der Waals surface area contributed by atoms with Crippen LogP contribution in [0.4, 0.5) is 4.39 Å². The first-order chi connectivity index (χ1) is 18.7. The number of hydrogen-bond donors (Lipinski definition) is 0. The number of furan rings is 1. The SMILES string of the molecule is Cc1ccc2c(oc3c(-c4ccc5c(c4)C(C)(C)CCC5(C)C)c(F)[c]([Ge]([CH3])([CH3])[CH3])cc32)c1-c1cccc[n+]1C. The third kappa shape index (κ3) is 4.15. The Morgan fingerprint density at radius 1 is 0.800 bits per heavy atom. The zero-order valence-electron chi connectivity index (χ0n) is 25.4. The minimum absolute atomic E-state index is 0.0378. The van der Waals surface area contributed by atoms with Gasteiger partial charge in [0.2, 0.25) is 0 Å². The monoisotopic (exact) mass is 596 g/mol. The van der Waals surface area contributed by atoms with Crippen LogP contribution in [0.25, 0.3) is 44.3 Å². The van der Waals surface area contributed by atoms with Crippen molar-refractivity contribution < 1.29 is 13.4 Å². The summed E-state index contributed by atoms with van der Waals surface area (Å²) in [5.41, 5.74) is 9.17. The molecule has 0 atom stereocenters. The number of benzene rings is 3. The van der Waals surface area contributed by atoms with Crippen molar-refractivity contribution in [1.82, 2.24) is 0 Å². The summed E-state index contributed by atoms with van der Waals surface area (Å²) in [6, 6.07) is 19.3. The molecule has 0 radical (unpaired) electrons. The van der Waals surface area contributed by atoms with E-state index in [1.807, 2.05) is 6.07 Å². The molecule has 40 heavy (non-hydrogen) atoms. The van der Waals surface area contributed by atoms with Gasteiger partial charge in [0.15, 0.2) is 0 Å². The van der Waals surface area contributed by atoms with Gasteiger partial charge in [0.05, 0.1) is 0 Å². The van der Waals surface area contributed by atoms with Crippen molar-refractivity contribution in [2.24, 2.45) is 7.05 Å². The molecular formula is C36H41FGeNO+. The Morgan fingerprint density at radius 3 is 2.15 bits per heavy atom. The van der Waals surface area contributed by atoms with E-state index >= 15 is 4.39 Å². The van der Waals surface area contributed by atoms with Crippen molar-refractivity contribution in [1.29, 1.82) is 0 Å². The summed E-state index contributed by atoms with van der Waals surface area (Å²) < 4.78 is 26.7. The summed E-state index contributed by atoms with van der Waals surface area (Å²) in [5, 5.41) is 2.06. The molecule has 0 amide bonds. The number of pyridine rings is 1. The van der Waals surface area contributed by atoms with Crippen molar-refractivity contribution in [3.8, 4) is 22.4 Å². The van der Waals surface area contributed by atoms with Gasteiger partial charge in [-0.05, 0) is 0 Å². The second-order valence-electron chi connectivity index (χ2n) is 14.2. The van der Waals surface area contributed by atoms with Gasteiger partial charge in [-0.25, -0.2) is 0 Å². The number of nitrogens with zero attached hydrogens (tertiary/aromatic N) is 1. The van der Waals surface area contributed by atoms with E-state index in [1.54, 1.807) is 0 Å². The summed E-state index contributed by atoms with van der Waals surface area (Å²) in [7, 11) is 2.06. The summed E-state index contributed by atoms with van der Waals surface area (Å²) in [5.74, 6) is 6.72. The molecule has 1 aliphatic rings. The van der Waals surface area contributed by atoms with Gasteiger partial charge in [0.25, 0.3) is 0 Å². The Balaban J connectivity index is 1.74. The van der Waals surface area contributed by atoms with Crippen molar-refractivity contribution in [3.05, 3.63) is 83.3 Å². The summed E-state index contributed by atoms with van der Waals surface area (Å²) in [6.45, 7) is 11.4. The molecule has 0 N–H and O–H groups in total. The topological polar surface area (TPSA) is 17.0 Å². The average molecular weight is 595 g/mol. The van der Waals surface area contributed by atoms with Crippen LogP contribution in [-0.2, 0) is 17.9 Å². The number of aromatic nitrogens is 1. The molecule has 206 valence electrons. The Morgan fingerprint density at radius 2 is 1.48 bits per heavy atom. The van der Waals surface area contributed by atoms with Crippen LogP contribution in [0.2, 0.25) is 17.3 Å². The third-order valence-corrected chi connectivity index (χ3v) is 13.5. The molecule has 1 aliphatic carbocycles. The number of halogens is 1. The molecule has 2 heterocycles. The van der Waals surface area contributed by atoms with Crippen LogP contribution in [-0.4, -0.2) is 13.3 Å². The van der Waals surface area contributed by atoms with Crippen LogP contribution in [0.15, 0.2) is 65.2 Å². The van der Waals surface area contributed by atoms with Crippen LogP contribution in [0.5, 0.6) is 0 Å². The molecule has 5 aromatic rings. The quantitative estimate of drug-likeness (QED) is 0.150. The fraction of sp³-hybridized carbons (Fsp3) is 0.361. The van der Waals surface area contributed by atoms with E-state index in [4.69, 9.17) is 4.42 Å². The molecule has 0 saturated carbocycles. The van der Waals surface area contributed by atoms with Gasteiger partial charge >= 0.3 is 241 Å². The maximum absolute atomic E-state index is 16.8. The molecule has 0 aliphatic heterocycles. The molecule has 2 aromatic heterocycles. The minimum atomic E-state index is -2.60. The zero-order valence-corrected chi connectivity index (χ0v) is 27.5. The summed E-state index contributed by atoms with van der Waals surface area (Å²) in [4.78, 5) is 0. The normalized spacial score (nSPS) is 16.4. The summed E-state index contributed by atoms with van der Waals surface area (Å²) >= 11 is -2.60. The molecule has 0 bridgehead atoms. The van der Waals surface area contributed by atoms with E-state index in [0.29, 0.717) is 11.1 Å². The molecule has 0 saturated heterocycles. The van der Waals surface area contributed by atoms with Crippen molar-refractivity contribution in [2.75, 3.05) is 0 Å². The average Bonchev–Trinajstić information content (AvgIpc) is 3.24. The second-order valence-corrected chi connectivity index (χ2v) is 24.8. The first kappa shape index (κ1) is 27.3. The first-order valence-corrected chi connectivity index (χ1v) is 21.8. The fourth-order valence-corrected chi connectivity index (χ4v) is 9.55. The van der Waals surface area contributed by atoms with Gasteiger partial charge < -0.3 is 0 Å². The maximum atomic E-state index is 16.8. The van der Waals surface area contributed by atoms with Crippen LogP contribution in [0.3, 0.4) is 0 Å². The van der Waals surface area contributed by atoms with E-state index < -0.39 is 13.3 Å². The number of rotatable bonds is 3. The molecular weight excluding hydrogens is 554 g/mol. The Hall–Kier alpha value is -2.92. The van der Waals surface area contributed by atoms with E-state index in [1.165, 1.54) is 11.1 Å². The van der Waals surface area contributed by atoms with E-state index in [0.717, 1.165) is 56.0 Å². The van der Waals surface area contributed by atoms with Crippen molar-refractivity contribution in [2.45, 2.75) is 75.6 Å². The standard InChI is InChI=1S/C36H41FGeNO/c1-22-13-15-24-25-21-28(38(6,7)8)32(37)31(34(25)40-33(24)30(22)29-12-10-11-19-39(29)9)23-14-16-26-27(20-23)36(4,5)18-17-35(26,2)3/h10-16,19-21H,17-18H2,1-9H3/q+1. The molecule has 0 unspecified atom stereocenters. The molecule has 0 fully saturated rings. The molecule has 4 heteroatoms. The Labute approximate surface area is 240 Å². The molecule has 0 spiro atoms. The van der Waals surface area contributed by atoms with Gasteiger partial charge in [-0.15, -0.1) is 0 Å². The zero-order chi connectivity index (χ0) is 28.8. The Bertz CT molecular complexity index is 1820. The van der Waals surface area contributed by atoms with Crippen LogP contribution in [0.1, 0.15) is 57.2 Å². The van der Waals surface area contributed by atoms with E-state index in [2.05, 4.69) is 118 Å². The molecule has 2 nitrogen and oxygen atoms in total.